The first-order chi connectivity index (χ1) is 19.8. The molecule has 2 atom stereocenters. The topological polar surface area (TPSA) is 163 Å². The van der Waals surface area contributed by atoms with Crippen LogP contribution in [0, 0.1) is 0 Å². The van der Waals surface area contributed by atoms with Crippen molar-refractivity contribution in [2.45, 2.75) is 56.9 Å². The first-order valence-electron chi connectivity index (χ1n) is 14.0. The number of aliphatic hydroxyl groups is 1. The SMILES string of the molecule is CCN(CC)CCN1OC(=O)CC2(O)CC(=O)OC(CS(=O)(=O)c3ccccc3)(OC2=O)N(CCN(CC)CC)C1=O. The Labute approximate surface area is 245 Å². The molecule has 2 heterocycles. The van der Waals surface area contributed by atoms with Gasteiger partial charge >= 0.3 is 29.9 Å². The molecule has 2 bridgehead atoms. The van der Waals surface area contributed by atoms with Crippen LogP contribution in [0.5, 0.6) is 0 Å². The zero-order valence-corrected chi connectivity index (χ0v) is 25.3. The molecule has 1 N–H and O–H groups in total. The number of sulfone groups is 1. The fraction of sp³-hybridized carbons (Fsp3) is 0.630. The third-order valence-corrected chi connectivity index (χ3v) is 9.10. The first-order valence-corrected chi connectivity index (χ1v) is 15.7. The maximum Gasteiger partial charge on any atom is 0.361 e. The van der Waals surface area contributed by atoms with Gasteiger partial charge in [0, 0.05) is 19.6 Å². The van der Waals surface area contributed by atoms with Crippen LogP contribution in [-0.4, -0.2) is 127 Å². The molecule has 0 aliphatic carbocycles. The smallest absolute Gasteiger partial charge is 0.361 e. The molecule has 42 heavy (non-hydrogen) atoms. The monoisotopic (exact) mass is 612 g/mol. The second-order valence-corrected chi connectivity index (χ2v) is 12.1. The maximum atomic E-state index is 14.2. The number of rotatable bonds is 13. The van der Waals surface area contributed by atoms with E-state index in [1.807, 2.05) is 37.5 Å². The van der Waals surface area contributed by atoms with Gasteiger partial charge in [0.2, 0.25) is 0 Å². The van der Waals surface area contributed by atoms with Crippen LogP contribution in [-0.2, 0) is 38.5 Å². The van der Waals surface area contributed by atoms with Crippen molar-refractivity contribution in [3.8, 4) is 0 Å². The van der Waals surface area contributed by atoms with Gasteiger partial charge in [-0.15, -0.1) is 0 Å². The van der Waals surface area contributed by atoms with Crippen molar-refractivity contribution in [3.63, 3.8) is 0 Å². The van der Waals surface area contributed by atoms with Crippen LogP contribution in [0.1, 0.15) is 40.5 Å². The third-order valence-electron chi connectivity index (χ3n) is 7.37. The van der Waals surface area contributed by atoms with Crippen molar-refractivity contribution in [1.29, 1.82) is 0 Å². The van der Waals surface area contributed by atoms with Gasteiger partial charge in [0.25, 0.3) is 0 Å². The number of urea groups is 1. The number of hydroxylamine groups is 2. The highest BCUT2D eigenvalue weighted by Crippen LogP contribution is 2.35. The summed E-state index contributed by atoms with van der Waals surface area (Å²) in [6.45, 7) is 9.98. The predicted octanol–water partition coefficient (Wildman–Crippen LogP) is 0.605. The molecule has 0 spiro atoms. The molecule has 0 aromatic heterocycles. The van der Waals surface area contributed by atoms with Crippen LogP contribution < -0.4 is 0 Å². The Balaban J connectivity index is 2.21. The second-order valence-electron chi connectivity index (χ2n) is 10.1. The number of esters is 2. The summed E-state index contributed by atoms with van der Waals surface area (Å²) in [5.74, 6) is -7.89. The van der Waals surface area contributed by atoms with E-state index in [0.29, 0.717) is 26.2 Å². The molecule has 15 heteroatoms. The van der Waals surface area contributed by atoms with Crippen LogP contribution in [0.15, 0.2) is 35.2 Å². The van der Waals surface area contributed by atoms with Gasteiger partial charge in [-0.05, 0) is 38.3 Å². The zero-order chi connectivity index (χ0) is 31.1. The maximum absolute atomic E-state index is 14.2. The van der Waals surface area contributed by atoms with E-state index in [9.17, 15) is 32.7 Å². The Hall–Kier alpha value is -3.27. The number of amides is 2. The highest BCUT2D eigenvalue weighted by atomic mass is 32.2. The highest BCUT2D eigenvalue weighted by Gasteiger charge is 2.60. The largest absolute Gasteiger partial charge is 0.402 e. The van der Waals surface area contributed by atoms with Crippen molar-refractivity contribution >= 4 is 33.8 Å². The Morgan fingerprint density at radius 3 is 1.95 bits per heavy atom. The lowest BCUT2D eigenvalue weighted by molar-refractivity contribution is -0.271. The molecule has 2 unspecified atom stereocenters. The Bertz CT molecular complexity index is 1240. The fourth-order valence-corrected chi connectivity index (χ4v) is 6.28. The second kappa shape index (κ2) is 13.8. The quantitative estimate of drug-likeness (QED) is 0.309. The fourth-order valence-electron chi connectivity index (χ4n) is 4.79. The van der Waals surface area contributed by atoms with Crippen LogP contribution in [0.25, 0.3) is 0 Å². The van der Waals surface area contributed by atoms with E-state index in [4.69, 9.17) is 14.3 Å². The van der Waals surface area contributed by atoms with E-state index in [2.05, 4.69) is 0 Å². The molecular formula is C27H40N4O10S. The third kappa shape index (κ3) is 7.56. The standard InChI is InChI=1S/C27H40N4O10S/c1-5-28(6-2)14-16-30-25(35)31(17-15-29(7-3)8-4)41-23(33)19-26(36)18-22(32)39-27(30,40-24(26)34)20-42(37,38)21-12-10-9-11-13-21/h9-13,36H,5-8,14-20H2,1-4H3. The van der Waals surface area contributed by atoms with Gasteiger partial charge in [0.15, 0.2) is 21.2 Å². The summed E-state index contributed by atoms with van der Waals surface area (Å²) >= 11 is 0. The average Bonchev–Trinajstić information content (AvgIpc) is 3.03. The summed E-state index contributed by atoms with van der Waals surface area (Å²) in [6.07, 6.45) is -2.05. The molecule has 0 saturated carbocycles. The number of benzene rings is 1. The molecule has 1 aromatic carbocycles. The summed E-state index contributed by atoms with van der Waals surface area (Å²) in [5.41, 5.74) is -2.72. The zero-order valence-electron chi connectivity index (χ0n) is 24.5. The number of fused-ring (bicyclic) bond motifs is 3. The summed E-state index contributed by atoms with van der Waals surface area (Å²) in [4.78, 5) is 63.4. The molecule has 2 amide bonds. The normalized spacial score (nSPS) is 23.6. The van der Waals surface area contributed by atoms with E-state index in [1.165, 1.54) is 24.3 Å². The number of hydrogen-bond donors (Lipinski definition) is 1. The molecule has 2 aliphatic rings. The number of carbonyl (C=O) groups is 4. The number of ether oxygens (including phenoxy) is 2. The summed E-state index contributed by atoms with van der Waals surface area (Å²) in [6, 6.07) is 6.14. The molecule has 14 nitrogen and oxygen atoms in total. The molecule has 2 aliphatic heterocycles. The molecule has 3 rings (SSSR count). The van der Waals surface area contributed by atoms with Gasteiger partial charge in [-0.1, -0.05) is 45.9 Å². The van der Waals surface area contributed by atoms with Crippen molar-refractivity contribution in [1.82, 2.24) is 19.8 Å². The lowest BCUT2D eigenvalue weighted by atomic mass is 9.96. The number of carbonyl (C=O) groups excluding carboxylic acids is 4. The average molecular weight is 613 g/mol. The van der Waals surface area contributed by atoms with Gasteiger partial charge in [-0.2, -0.15) is 5.06 Å². The minimum absolute atomic E-state index is 0.143. The van der Waals surface area contributed by atoms with E-state index >= 15 is 0 Å². The van der Waals surface area contributed by atoms with Crippen molar-refractivity contribution < 1.29 is 47.0 Å². The molecule has 234 valence electrons. The van der Waals surface area contributed by atoms with Gasteiger partial charge in [0.05, 0.1) is 24.3 Å². The van der Waals surface area contributed by atoms with Gasteiger partial charge in [0.1, 0.15) is 0 Å². The van der Waals surface area contributed by atoms with Gasteiger partial charge in [-0.25, -0.2) is 27.7 Å². The lowest BCUT2D eigenvalue weighted by Gasteiger charge is -2.43. The Kier molecular flexibility index (Phi) is 10.9. The first kappa shape index (κ1) is 33.2. The van der Waals surface area contributed by atoms with Crippen LogP contribution >= 0.6 is 0 Å². The minimum Gasteiger partial charge on any atom is -0.402 e. The van der Waals surface area contributed by atoms with E-state index in [1.54, 1.807) is 6.07 Å². The molecule has 2 fully saturated rings. The molecule has 2 saturated heterocycles. The molecule has 1 aromatic rings. The Morgan fingerprint density at radius 1 is 0.833 bits per heavy atom. The van der Waals surface area contributed by atoms with Gasteiger partial charge < -0.3 is 29.2 Å². The van der Waals surface area contributed by atoms with E-state index in [0.717, 1.165) is 9.96 Å². The van der Waals surface area contributed by atoms with E-state index < -0.39 is 63.9 Å². The minimum atomic E-state index is -4.38. The van der Waals surface area contributed by atoms with Gasteiger partial charge in [-0.3, -0.25) is 4.79 Å². The number of hydrogen-bond acceptors (Lipinski definition) is 12. The van der Waals surface area contributed by atoms with Crippen LogP contribution in [0.4, 0.5) is 4.79 Å². The Morgan fingerprint density at radius 2 is 1.38 bits per heavy atom. The summed E-state index contributed by atoms with van der Waals surface area (Å²) < 4.78 is 38.4. The predicted molar refractivity (Wildman–Crippen MR) is 148 cm³/mol. The molecule has 0 radical (unpaired) electrons. The number of likely N-dealkylation sites (N-methyl/N-ethyl adjacent to an activating group) is 2. The highest BCUT2D eigenvalue weighted by molar-refractivity contribution is 7.91. The van der Waals surface area contributed by atoms with Crippen LogP contribution in [0.2, 0.25) is 0 Å². The summed E-state index contributed by atoms with van der Waals surface area (Å²) in [7, 11) is -4.38. The number of nitrogens with zero attached hydrogens (tertiary/aromatic N) is 4. The summed E-state index contributed by atoms with van der Waals surface area (Å²) in [5, 5.41) is 11.8. The van der Waals surface area contributed by atoms with Crippen molar-refractivity contribution in [2.24, 2.45) is 0 Å². The lowest BCUT2D eigenvalue weighted by Crippen LogP contribution is -2.65. The van der Waals surface area contributed by atoms with E-state index in [-0.39, 0.29) is 31.1 Å². The molecular weight excluding hydrogens is 572 g/mol. The van der Waals surface area contributed by atoms with Crippen molar-refractivity contribution in [3.05, 3.63) is 30.3 Å². The van der Waals surface area contributed by atoms with Crippen molar-refractivity contribution in [2.75, 3.05) is 58.1 Å². The van der Waals surface area contributed by atoms with Crippen LogP contribution in [0.3, 0.4) is 0 Å².